The van der Waals surface area contributed by atoms with E-state index in [1.54, 1.807) is 12.0 Å². The average molecular weight is 504 g/mol. The van der Waals surface area contributed by atoms with Gasteiger partial charge in [-0.1, -0.05) is 6.07 Å². The maximum absolute atomic E-state index is 13.4. The minimum Gasteiger partial charge on any atom is -0.465 e. The van der Waals surface area contributed by atoms with Gasteiger partial charge in [0.2, 0.25) is 0 Å². The van der Waals surface area contributed by atoms with Gasteiger partial charge in [-0.2, -0.15) is 0 Å². The molecule has 0 unspecified atom stereocenters. The van der Waals surface area contributed by atoms with Crippen LogP contribution in [0.25, 0.3) is 22.2 Å². The Morgan fingerprint density at radius 3 is 2.76 bits per heavy atom. The van der Waals surface area contributed by atoms with Gasteiger partial charge in [-0.25, -0.2) is 14.6 Å². The fourth-order valence-corrected chi connectivity index (χ4v) is 6.23. The number of H-pyrrole nitrogens is 1. The highest BCUT2D eigenvalue weighted by atomic mass is 16.5. The molecule has 2 atom stereocenters. The van der Waals surface area contributed by atoms with Crippen molar-refractivity contribution in [1.82, 2.24) is 24.7 Å². The highest BCUT2D eigenvalue weighted by Gasteiger charge is 2.36. The van der Waals surface area contributed by atoms with Crippen molar-refractivity contribution >= 4 is 23.2 Å². The van der Waals surface area contributed by atoms with Crippen LogP contribution >= 0.6 is 0 Å². The molecule has 2 saturated heterocycles. The highest BCUT2D eigenvalue weighted by molar-refractivity contribution is 5.85. The summed E-state index contributed by atoms with van der Waals surface area (Å²) >= 11 is 0. The Hall–Kier alpha value is -3.59. The number of aromatic nitrogens is 2. The van der Waals surface area contributed by atoms with Crippen LogP contribution in [0.4, 0.5) is 9.59 Å². The Kier molecular flexibility index (Phi) is 6.03. The Morgan fingerprint density at radius 1 is 1.11 bits per heavy atom. The van der Waals surface area contributed by atoms with Gasteiger partial charge in [0.1, 0.15) is 5.65 Å². The van der Waals surface area contributed by atoms with Gasteiger partial charge >= 0.3 is 12.1 Å². The summed E-state index contributed by atoms with van der Waals surface area (Å²) in [5.41, 5.74) is 7.36. The Balaban J connectivity index is 1.39. The lowest BCUT2D eigenvalue weighted by atomic mass is 9.87. The number of carbonyl (C=O) groups excluding carboxylic acids is 1. The number of carboxylic acid groups (broad SMARTS) is 1. The van der Waals surface area contributed by atoms with Crippen molar-refractivity contribution in [2.75, 3.05) is 33.3 Å². The molecule has 0 bridgehead atoms. The number of carbonyl (C=O) groups is 2. The van der Waals surface area contributed by atoms with Crippen molar-refractivity contribution in [3.63, 3.8) is 0 Å². The van der Waals surface area contributed by atoms with E-state index in [-0.39, 0.29) is 18.2 Å². The number of fused-ring (bicyclic) bond motifs is 2. The molecule has 3 aromatic rings. The molecule has 0 spiro atoms. The SMILES string of the molecule is CO[C@@H]1CCN(C(=O)N2CCc3cc(-c4cnc5[nH]cc(C)c5c4)cc([C@@H]4CCCN4C(=O)O)c3C2)C1. The molecule has 1 aromatic carbocycles. The third-order valence-electron chi connectivity index (χ3n) is 8.32. The number of benzene rings is 1. The molecule has 194 valence electrons. The third kappa shape index (κ3) is 4.21. The Bertz CT molecular complexity index is 1370. The van der Waals surface area contributed by atoms with Crippen LogP contribution in [0.15, 0.2) is 30.6 Å². The van der Waals surface area contributed by atoms with E-state index in [2.05, 4.69) is 35.1 Å². The number of methoxy groups -OCH3 is 1. The number of aryl methyl sites for hydroxylation is 1. The van der Waals surface area contributed by atoms with E-state index >= 15 is 0 Å². The van der Waals surface area contributed by atoms with E-state index in [0.717, 1.165) is 64.5 Å². The molecule has 5 heterocycles. The van der Waals surface area contributed by atoms with Crippen molar-refractivity contribution < 1.29 is 19.4 Å². The van der Waals surface area contributed by atoms with E-state index < -0.39 is 6.09 Å². The molecule has 9 heteroatoms. The number of urea groups is 1. The van der Waals surface area contributed by atoms with Crippen molar-refractivity contribution in [1.29, 1.82) is 0 Å². The fraction of sp³-hybridized carbons (Fsp3) is 0.464. The largest absolute Gasteiger partial charge is 0.465 e. The van der Waals surface area contributed by atoms with Crippen LogP contribution in [0.1, 0.15) is 47.6 Å². The van der Waals surface area contributed by atoms with Gasteiger partial charge in [0.05, 0.1) is 12.1 Å². The lowest BCUT2D eigenvalue weighted by Gasteiger charge is -2.35. The van der Waals surface area contributed by atoms with E-state index in [1.807, 2.05) is 22.2 Å². The molecule has 2 N–H and O–H groups in total. The van der Waals surface area contributed by atoms with Crippen LogP contribution in [0.3, 0.4) is 0 Å². The van der Waals surface area contributed by atoms with Crippen LogP contribution in [0, 0.1) is 6.92 Å². The number of hydrogen-bond acceptors (Lipinski definition) is 4. The topological polar surface area (TPSA) is 102 Å². The lowest BCUT2D eigenvalue weighted by Crippen LogP contribution is -2.45. The molecule has 0 saturated carbocycles. The number of likely N-dealkylation sites (tertiary alicyclic amines) is 2. The molecule has 2 aromatic heterocycles. The number of aromatic amines is 1. The van der Waals surface area contributed by atoms with Crippen LogP contribution < -0.4 is 0 Å². The average Bonchev–Trinajstić information content (AvgIpc) is 3.67. The number of amides is 3. The quantitative estimate of drug-likeness (QED) is 0.546. The van der Waals surface area contributed by atoms with Gasteiger partial charge in [-0.15, -0.1) is 0 Å². The number of ether oxygens (including phenoxy) is 1. The molecule has 37 heavy (non-hydrogen) atoms. The summed E-state index contributed by atoms with van der Waals surface area (Å²) in [5, 5.41) is 11.0. The first kappa shape index (κ1) is 23.8. The molecule has 0 aliphatic carbocycles. The predicted octanol–water partition coefficient (Wildman–Crippen LogP) is 4.55. The van der Waals surface area contributed by atoms with Crippen LogP contribution in [-0.2, 0) is 17.7 Å². The lowest BCUT2D eigenvalue weighted by molar-refractivity contribution is 0.104. The summed E-state index contributed by atoms with van der Waals surface area (Å²) in [6, 6.07) is 6.33. The molecule has 3 amide bonds. The maximum Gasteiger partial charge on any atom is 0.407 e. The normalized spacial score (nSPS) is 21.6. The zero-order chi connectivity index (χ0) is 25.7. The van der Waals surface area contributed by atoms with E-state index in [0.29, 0.717) is 32.7 Å². The predicted molar refractivity (Wildman–Crippen MR) is 139 cm³/mol. The zero-order valence-electron chi connectivity index (χ0n) is 21.4. The number of nitrogens with zero attached hydrogens (tertiary/aromatic N) is 4. The minimum absolute atomic E-state index is 0.0410. The van der Waals surface area contributed by atoms with Crippen molar-refractivity contribution in [2.45, 2.75) is 51.3 Å². The number of nitrogens with one attached hydrogen (secondary N) is 1. The maximum atomic E-state index is 13.4. The van der Waals surface area contributed by atoms with E-state index in [1.165, 1.54) is 5.56 Å². The molecule has 6 rings (SSSR count). The monoisotopic (exact) mass is 503 g/mol. The minimum atomic E-state index is -0.890. The summed E-state index contributed by atoms with van der Waals surface area (Å²) in [6.45, 7) is 5.06. The van der Waals surface area contributed by atoms with Crippen molar-refractivity contribution in [3.05, 3.63) is 52.8 Å². The first-order valence-corrected chi connectivity index (χ1v) is 13.1. The van der Waals surface area contributed by atoms with Gasteiger partial charge in [-0.3, -0.25) is 0 Å². The van der Waals surface area contributed by atoms with Crippen molar-refractivity contribution in [3.8, 4) is 11.1 Å². The molecular formula is C28H33N5O4. The number of pyridine rings is 1. The summed E-state index contributed by atoms with van der Waals surface area (Å²) in [7, 11) is 1.69. The van der Waals surface area contributed by atoms with Gasteiger partial charge in [0, 0.05) is 63.2 Å². The Labute approximate surface area is 216 Å². The van der Waals surface area contributed by atoms with Crippen molar-refractivity contribution in [2.24, 2.45) is 0 Å². The zero-order valence-corrected chi connectivity index (χ0v) is 21.4. The number of rotatable bonds is 3. The van der Waals surface area contributed by atoms with Gasteiger partial charge in [-0.05, 0) is 72.6 Å². The Morgan fingerprint density at radius 2 is 1.97 bits per heavy atom. The van der Waals surface area contributed by atoms with Gasteiger partial charge in [0.25, 0.3) is 0 Å². The summed E-state index contributed by atoms with van der Waals surface area (Å²) in [4.78, 5) is 38.7. The molecular weight excluding hydrogens is 470 g/mol. The molecule has 9 nitrogen and oxygen atoms in total. The van der Waals surface area contributed by atoms with E-state index in [4.69, 9.17) is 4.74 Å². The summed E-state index contributed by atoms with van der Waals surface area (Å²) in [5.74, 6) is 0. The van der Waals surface area contributed by atoms with Crippen LogP contribution in [0.2, 0.25) is 0 Å². The number of hydrogen-bond donors (Lipinski definition) is 2. The third-order valence-corrected chi connectivity index (χ3v) is 8.32. The second-order valence-electron chi connectivity index (χ2n) is 10.5. The molecule has 3 aliphatic heterocycles. The second-order valence-corrected chi connectivity index (χ2v) is 10.5. The summed E-state index contributed by atoms with van der Waals surface area (Å²) in [6.07, 6.45) is 6.26. The second kappa shape index (κ2) is 9.37. The summed E-state index contributed by atoms with van der Waals surface area (Å²) < 4.78 is 5.46. The van der Waals surface area contributed by atoms with Gasteiger partial charge in [0.15, 0.2) is 0 Å². The van der Waals surface area contributed by atoms with E-state index in [9.17, 15) is 14.7 Å². The van der Waals surface area contributed by atoms with Crippen LogP contribution in [0.5, 0.6) is 0 Å². The molecule has 2 fully saturated rings. The first-order chi connectivity index (χ1) is 17.9. The first-order valence-electron chi connectivity index (χ1n) is 13.1. The smallest absolute Gasteiger partial charge is 0.407 e. The molecule has 0 radical (unpaired) electrons. The fourth-order valence-electron chi connectivity index (χ4n) is 6.23. The van der Waals surface area contributed by atoms with Gasteiger partial charge < -0.3 is 29.5 Å². The highest BCUT2D eigenvalue weighted by Crippen LogP contribution is 2.40. The molecule has 3 aliphatic rings. The standard InChI is InChI=1S/C28H33N5O4/c1-17-13-29-26-22(17)12-20(14-30-26)19-10-18-5-8-32(27(34)31-9-6-21(15-31)37-2)16-24(18)23(11-19)25-4-3-7-33(25)28(35)36/h10-14,21,25H,3-9,15-16H2,1-2H3,(H,29,30)(H,35,36)/t21-,25+/m1/s1. The van der Waals surface area contributed by atoms with Crippen LogP contribution in [-0.4, -0.2) is 81.3 Å².